The quantitative estimate of drug-likeness (QED) is 0.520. The number of carbonyl (C=O) groups is 2. The standard InChI is InChI=1S/C20H21FN4O4S/c1-3-25(4-2)30(28,29)16-7-5-6-13(11-16)19(26)23-24-20(27)18-12-14-10-15(21)8-9-17(14)22-18/h5-12,22H,3-4H2,1-2H3,(H,23,26)(H,24,27). The molecule has 10 heteroatoms. The molecule has 0 radical (unpaired) electrons. The molecule has 30 heavy (non-hydrogen) atoms. The normalized spacial score (nSPS) is 11.6. The fourth-order valence-electron chi connectivity index (χ4n) is 2.99. The van der Waals surface area contributed by atoms with Gasteiger partial charge in [0, 0.05) is 29.6 Å². The number of hydrogen-bond acceptors (Lipinski definition) is 4. The monoisotopic (exact) mass is 432 g/mol. The molecular formula is C20H21FN4O4S. The van der Waals surface area contributed by atoms with Crippen molar-refractivity contribution in [2.45, 2.75) is 18.7 Å². The predicted molar refractivity (Wildman–Crippen MR) is 110 cm³/mol. The summed E-state index contributed by atoms with van der Waals surface area (Å²) in [4.78, 5) is 27.5. The fourth-order valence-corrected chi connectivity index (χ4v) is 4.49. The van der Waals surface area contributed by atoms with Crippen LogP contribution in [0.15, 0.2) is 53.4 Å². The number of nitrogens with zero attached hydrogens (tertiary/aromatic N) is 1. The molecule has 3 N–H and O–H groups in total. The van der Waals surface area contributed by atoms with Gasteiger partial charge in [-0.15, -0.1) is 0 Å². The molecule has 3 aromatic rings. The molecule has 1 heterocycles. The number of hydrazine groups is 1. The summed E-state index contributed by atoms with van der Waals surface area (Å²) in [5.41, 5.74) is 5.28. The average Bonchev–Trinajstić information content (AvgIpc) is 3.15. The number of aromatic nitrogens is 1. The summed E-state index contributed by atoms with van der Waals surface area (Å²) in [5.74, 6) is -1.74. The summed E-state index contributed by atoms with van der Waals surface area (Å²) in [5, 5.41) is 0.515. The van der Waals surface area contributed by atoms with E-state index in [2.05, 4.69) is 15.8 Å². The van der Waals surface area contributed by atoms with Gasteiger partial charge in [-0.1, -0.05) is 19.9 Å². The van der Waals surface area contributed by atoms with Gasteiger partial charge in [-0.05, 0) is 42.5 Å². The largest absolute Gasteiger partial charge is 0.350 e. The lowest BCUT2D eigenvalue weighted by Gasteiger charge is -2.18. The van der Waals surface area contributed by atoms with Crippen molar-refractivity contribution < 1.29 is 22.4 Å². The summed E-state index contributed by atoms with van der Waals surface area (Å²) in [6.45, 7) is 4.07. The minimum Gasteiger partial charge on any atom is -0.350 e. The maximum absolute atomic E-state index is 13.3. The lowest BCUT2D eigenvalue weighted by molar-refractivity contribution is 0.0844. The van der Waals surface area contributed by atoms with Crippen molar-refractivity contribution in [3.05, 3.63) is 65.6 Å². The number of hydrogen-bond donors (Lipinski definition) is 3. The van der Waals surface area contributed by atoms with Crippen LogP contribution in [0.2, 0.25) is 0 Å². The van der Waals surface area contributed by atoms with Crippen LogP contribution >= 0.6 is 0 Å². The van der Waals surface area contributed by atoms with Crippen molar-refractivity contribution in [1.29, 1.82) is 0 Å². The molecule has 0 saturated carbocycles. The Balaban J connectivity index is 1.72. The Labute approximate surface area is 173 Å². The van der Waals surface area contributed by atoms with Crippen molar-refractivity contribution >= 4 is 32.7 Å². The van der Waals surface area contributed by atoms with E-state index in [1.807, 2.05) is 0 Å². The SMILES string of the molecule is CCN(CC)S(=O)(=O)c1cccc(C(=O)NNC(=O)c2cc3cc(F)ccc3[nH]2)c1. The lowest BCUT2D eigenvalue weighted by Crippen LogP contribution is -2.41. The second-order valence-electron chi connectivity index (χ2n) is 6.44. The maximum Gasteiger partial charge on any atom is 0.286 e. The minimum absolute atomic E-state index is 0.0113. The highest BCUT2D eigenvalue weighted by Gasteiger charge is 2.22. The summed E-state index contributed by atoms with van der Waals surface area (Å²) in [6.07, 6.45) is 0. The number of amides is 2. The van der Waals surface area contributed by atoms with Gasteiger partial charge in [-0.2, -0.15) is 4.31 Å². The van der Waals surface area contributed by atoms with Crippen LogP contribution in [-0.4, -0.2) is 42.6 Å². The number of fused-ring (bicyclic) bond motifs is 1. The predicted octanol–water partition coefficient (Wildman–Crippen LogP) is 2.41. The van der Waals surface area contributed by atoms with E-state index in [0.29, 0.717) is 24.0 Å². The van der Waals surface area contributed by atoms with Crippen LogP contribution in [0.3, 0.4) is 0 Å². The highest BCUT2D eigenvalue weighted by atomic mass is 32.2. The molecule has 0 bridgehead atoms. The number of carbonyl (C=O) groups excluding carboxylic acids is 2. The summed E-state index contributed by atoms with van der Waals surface area (Å²) in [7, 11) is -3.72. The minimum atomic E-state index is -3.72. The average molecular weight is 432 g/mol. The van der Waals surface area contributed by atoms with Gasteiger partial charge in [-0.25, -0.2) is 12.8 Å². The van der Waals surface area contributed by atoms with E-state index in [-0.39, 0.29) is 16.2 Å². The second kappa shape index (κ2) is 8.64. The first-order chi connectivity index (χ1) is 14.3. The Morgan fingerprint density at radius 3 is 2.40 bits per heavy atom. The zero-order chi connectivity index (χ0) is 21.9. The number of nitrogens with one attached hydrogen (secondary N) is 3. The Morgan fingerprint density at radius 1 is 1.00 bits per heavy atom. The van der Waals surface area contributed by atoms with E-state index >= 15 is 0 Å². The molecule has 0 saturated heterocycles. The highest BCUT2D eigenvalue weighted by molar-refractivity contribution is 7.89. The van der Waals surface area contributed by atoms with Crippen molar-refractivity contribution in [3.63, 3.8) is 0 Å². The first-order valence-corrected chi connectivity index (χ1v) is 10.7. The third-order valence-corrected chi connectivity index (χ3v) is 6.60. The number of rotatable bonds is 6. The van der Waals surface area contributed by atoms with E-state index in [1.165, 1.54) is 52.8 Å². The van der Waals surface area contributed by atoms with Crippen LogP contribution in [0.25, 0.3) is 10.9 Å². The van der Waals surface area contributed by atoms with E-state index in [4.69, 9.17) is 0 Å². The van der Waals surface area contributed by atoms with Crippen molar-refractivity contribution in [3.8, 4) is 0 Å². The van der Waals surface area contributed by atoms with Crippen LogP contribution < -0.4 is 10.9 Å². The molecule has 158 valence electrons. The lowest BCUT2D eigenvalue weighted by atomic mass is 10.2. The molecule has 0 aliphatic heterocycles. The molecule has 0 spiro atoms. The van der Waals surface area contributed by atoms with Gasteiger partial charge in [0.1, 0.15) is 11.5 Å². The van der Waals surface area contributed by atoms with Gasteiger partial charge in [-0.3, -0.25) is 20.4 Å². The van der Waals surface area contributed by atoms with E-state index in [0.717, 1.165) is 0 Å². The van der Waals surface area contributed by atoms with E-state index in [9.17, 15) is 22.4 Å². The molecule has 0 fully saturated rings. The van der Waals surface area contributed by atoms with Crippen molar-refractivity contribution in [1.82, 2.24) is 20.1 Å². The molecule has 2 aromatic carbocycles. The van der Waals surface area contributed by atoms with Gasteiger partial charge in [0.2, 0.25) is 10.0 Å². The zero-order valence-corrected chi connectivity index (χ0v) is 17.2. The molecular weight excluding hydrogens is 411 g/mol. The zero-order valence-electron chi connectivity index (χ0n) is 16.4. The van der Waals surface area contributed by atoms with E-state index < -0.39 is 27.7 Å². The van der Waals surface area contributed by atoms with Crippen LogP contribution in [0, 0.1) is 5.82 Å². The first-order valence-electron chi connectivity index (χ1n) is 9.25. The number of benzene rings is 2. The smallest absolute Gasteiger partial charge is 0.286 e. The Morgan fingerprint density at radius 2 is 1.70 bits per heavy atom. The molecule has 0 unspecified atom stereocenters. The first kappa shape index (κ1) is 21.5. The maximum atomic E-state index is 13.3. The molecule has 0 aliphatic rings. The third kappa shape index (κ3) is 4.34. The molecule has 3 rings (SSSR count). The van der Waals surface area contributed by atoms with Gasteiger partial charge in [0.05, 0.1) is 4.90 Å². The Hall–Kier alpha value is -3.24. The van der Waals surface area contributed by atoms with Crippen LogP contribution in [0.5, 0.6) is 0 Å². The third-order valence-electron chi connectivity index (χ3n) is 4.56. The van der Waals surface area contributed by atoms with E-state index in [1.54, 1.807) is 13.8 Å². The topological polar surface area (TPSA) is 111 Å². The number of halogens is 1. The molecule has 1 aromatic heterocycles. The Kier molecular flexibility index (Phi) is 6.18. The highest BCUT2D eigenvalue weighted by Crippen LogP contribution is 2.18. The number of H-pyrrole nitrogens is 1. The van der Waals surface area contributed by atoms with Gasteiger partial charge in [0.25, 0.3) is 11.8 Å². The number of sulfonamides is 1. The molecule has 8 nitrogen and oxygen atoms in total. The van der Waals surface area contributed by atoms with Crippen LogP contribution in [0.1, 0.15) is 34.7 Å². The summed E-state index contributed by atoms with van der Waals surface area (Å²) in [6, 6.07) is 11.1. The summed E-state index contributed by atoms with van der Waals surface area (Å²) < 4.78 is 39.8. The van der Waals surface area contributed by atoms with Crippen LogP contribution in [-0.2, 0) is 10.0 Å². The van der Waals surface area contributed by atoms with Gasteiger partial charge < -0.3 is 4.98 Å². The van der Waals surface area contributed by atoms with Crippen LogP contribution in [0.4, 0.5) is 4.39 Å². The Bertz CT molecular complexity index is 1200. The van der Waals surface area contributed by atoms with Gasteiger partial charge in [0.15, 0.2) is 0 Å². The fraction of sp³-hybridized carbons (Fsp3) is 0.200. The van der Waals surface area contributed by atoms with Crippen molar-refractivity contribution in [2.24, 2.45) is 0 Å². The van der Waals surface area contributed by atoms with Crippen molar-refractivity contribution in [2.75, 3.05) is 13.1 Å². The molecule has 2 amide bonds. The summed E-state index contributed by atoms with van der Waals surface area (Å²) >= 11 is 0. The van der Waals surface area contributed by atoms with Gasteiger partial charge >= 0.3 is 0 Å². The number of aromatic amines is 1. The molecule has 0 aliphatic carbocycles. The molecule has 0 atom stereocenters. The second-order valence-corrected chi connectivity index (χ2v) is 8.38.